The molecule has 1 fully saturated rings. The van der Waals surface area contributed by atoms with Crippen molar-refractivity contribution in [2.24, 2.45) is 0 Å². The van der Waals surface area contributed by atoms with Crippen LogP contribution in [0, 0.1) is 0 Å². The van der Waals surface area contributed by atoms with Gasteiger partial charge in [-0.2, -0.15) is 0 Å². The van der Waals surface area contributed by atoms with Gasteiger partial charge in [-0.3, -0.25) is 0 Å². The van der Waals surface area contributed by atoms with Crippen LogP contribution in [0.4, 0.5) is 0 Å². The van der Waals surface area contributed by atoms with E-state index in [0.29, 0.717) is 17.4 Å². The second-order valence-electron chi connectivity index (χ2n) is 6.46. The van der Waals surface area contributed by atoms with Crippen molar-refractivity contribution in [3.8, 4) is 5.75 Å². The Morgan fingerprint density at radius 1 is 1.17 bits per heavy atom. The molecule has 0 N–H and O–H groups in total. The minimum atomic E-state index is -1.16. The zero-order valence-electron chi connectivity index (χ0n) is 14.4. The van der Waals surface area contributed by atoms with Crippen molar-refractivity contribution in [2.45, 2.75) is 51.9 Å². The molecule has 2 rings (SSSR count). The molecule has 1 heterocycles. The number of hydrogen-bond donors (Lipinski definition) is 0. The average Bonchev–Trinajstić information content (AvgIpc) is 2.66. The fraction of sp³-hybridized carbons (Fsp3) is 0.625. The molecule has 1 aromatic carbocycles. The summed E-state index contributed by atoms with van der Waals surface area (Å²) in [5.41, 5.74) is -0.708. The lowest BCUT2D eigenvalue weighted by atomic mass is 9.90. The van der Waals surface area contributed by atoms with Crippen molar-refractivity contribution in [1.29, 1.82) is 0 Å². The average molecular weight is 363 g/mol. The topological polar surface area (TPSA) is 46.2 Å². The van der Waals surface area contributed by atoms with Crippen LogP contribution in [0.25, 0.3) is 0 Å². The van der Waals surface area contributed by atoms with Gasteiger partial charge in [0, 0.05) is 5.30 Å². The molecule has 0 amide bonds. The SMILES string of the molecule is COOC(C)COc1ccc(P2OC(C)(C)C(C)(C)O2)cc1Cl. The standard InChI is InChI=1S/C16H24ClO5P/c1-11(20-18-6)10-19-14-8-7-12(9-13(14)17)23-21-15(2,3)16(4,5)22-23/h7-9,11H,10H2,1-6H3. The van der Waals surface area contributed by atoms with Crippen LogP contribution in [0.5, 0.6) is 5.75 Å². The molecule has 5 nitrogen and oxygen atoms in total. The second-order valence-corrected chi connectivity index (χ2v) is 8.26. The maximum absolute atomic E-state index is 6.31. The Bertz CT molecular complexity index is 533. The van der Waals surface area contributed by atoms with Gasteiger partial charge >= 0.3 is 0 Å². The number of ether oxygens (including phenoxy) is 1. The third kappa shape index (κ3) is 4.36. The van der Waals surface area contributed by atoms with E-state index in [9.17, 15) is 0 Å². The van der Waals surface area contributed by atoms with Crippen molar-refractivity contribution >= 4 is 25.3 Å². The second kappa shape index (κ2) is 7.22. The van der Waals surface area contributed by atoms with Crippen LogP contribution in [0.15, 0.2) is 18.2 Å². The Hall–Kier alpha value is -0.420. The summed E-state index contributed by atoms with van der Waals surface area (Å²) in [5, 5.41) is 1.45. The van der Waals surface area contributed by atoms with Crippen LogP contribution in [0.1, 0.15) is 34.6 Å². The lowest BCUT2D eigenvalue weighted by Crippen LogP contribution is -2.41. The summed E-state index contributed by atoms with van der Waals surface area (Å²) >= 11 is 6.31. The lowest BCUT2D eigenvalue weighted by Gasteiger charge is -2.29. The maximum Gasteiger partial charge on any atom is 0.206 e. The molecule has 1 aliphatic rings. The number of hydrogen-bond acceptors (Lipinski definition) is 5. The number of benzene rings is 1. The van der Waals surface area contributed by atoms with Gasteiger partial charge in [-0.1, -0.05) is 11.6 Å². The molecule has 1 aromatic rings. The molecule has 1 aliphatic heterocycles. The van der Waals surface area contributed by atoms with Crippen LogP contribution < -0.4 is 10.0 Å². The quantitative estimate of drug-likeness (QED) is 0.430. The molecule has 23 heavy (non-hydrogen) atoms. The molecule has 0 radical (unpaired) electrons. The first-order chi connectivity index (χ1) is 10.7. The van der Waals surface area contributed by atoms with E-state index < -0.39 is 8.38 Å². The highest BCUT2D eigenvalue weighted by Crippen LogP contribution is 2.57. The predicted octanol–water partition coefficient (Wildman–Crippen LogP) is 4.23. The molecular weight excluding hydrogens is 339 g/mol. The van der Waals surface area contributed by atoms with Gasteiger partial charge in [0.1, 0.15) is 18.5 Å². The Balaban J connectivity index is 2.05. The van der Waals surface area contributed by atoms with Gasteiger partial charge in [0.05, 0.1) is 23.3 Å². The molecule has 0 bridgehead atoms. The van der Waals surface area contributed by atoms with E-state index in [4.69, 9.17) is 30.3 Å². The highest BCUT2D eigenvalue weighted by Gasteiger charge is 2.50. The van der Waals surface area contributed by atoms with Crippen LogP contribution >= 0.6 is 20.0 Å². The minimum Gasteiger partial charge on any atom is -0.489 e. The summed E-state index contributed by atoms with van der Waals surface area (Å²) in [6.07, 6.45) is -0.191. The Morgan fingerprint density at radius 2 is 1.78 bits per heavy atom. The molecule has 0 spiro atoms. The highest BCUT2D eigenvalue weighted by molar-refractivity contribution is 7.56. The predicted molar refractivity (Wildman–Crippen MR) is 91.4 cm³/mol. The van der Waals surface area contributed by atoms with Crippen molar-refractivity contribution < 1.29 is 23.6 Å². The largest absolute Gasteiger partial charge is 0.489 e. The first kappa shape index (κ1) is 18.9. The third-order valence-electron chi connectivity index (χ3n) is 3.93. The zero-order chi connectivity index (χ0) is 17.3. The van der Waals surface area contributed by atoms with E-state index in [1.807, 2.05) is 52.8 Å². The van der Waals surface area contributed by atoms with Crippen LogP contribution in [0.3, 0.4) is 0 Å². The summed E-state index contributed by atoms with van der Waals surface area (Å²) in [6.45, 7) is 10.3. The fourth-order valence-electron chi connectivity index (χ4n) is 1.88. The number of rotatable bonds is 6. The lowest BCUT2D eigenvalue weighted by molar-refractivity contribution is -0.304. The first-order valence-electron chi connectivity index (χ1n) is 7.46. The van der Waals surface area contributed by atoms with Gasteiger partial charge < -0.3 is 13.8 Å². The number of halogens is 1. The molecule has 1 unspecified atom stereocenters. The summed E-state index contributed by atoms with van der Waals surface area (Å²) in [7, 11) is 0.306. The maximum atomic E-state index is 6.31. The molecule has 0 aromatic heterocycles. The highest BCUT2D eigenvalue weighted by atomic mass is 35.5. The van der Waals surface area contributed by atoms with Crippen LogP contribution in [-0.4, -0.2) is 31.0 Å². The Morgan fingerprint density at radius 3 is 2.30 bits per heavy atom. The Kier molecular flexibility index (Phi) is 5.94. The van der Waals surface area contributed by atoms with E-state index in [1.165, 1.54) is 7.11 Å². The molecule has 1 saturated heterocycles. The smallest absolute Gasteiger partial charge is 0.206 e. The van der Waals surface area contributed by atoms with Crippen molar-refractivity contribution in [2.75, 3.05) is 13.7 Å². The van der Waals surface area contributed by atoms with Gasteiger partial charge in [0.2, 0.25) is 8.38 Å². The molecule has 1 atom stereocenters. The summed E-state index contributed by atoms with van der Waals surface area (Å²) in [4.78, 5) is 9.55. The van der Waals surface area contributed by atoms with Gasteiger partial charge in [-0.15, -0.1) is 0 Å². The summed E-state index contributed by atoms with van der Waals surface area (Å²) in [5.74, 6) is 0.592. The van der Waals surface area contributed by atoms with E-state index in [2.05, 4.69) is 4.89 Å². The molecule has 0 saturated carbocycles. The summed E-state index contributed by atoms with van der Waals surface area (Å²) < 4.78 is 17.8. The van der Waals surface area contributed by atoms with Gasteiger partial charge in [0.25, 0.3) is 0 Å². The van der Waals surface area contributed by atoms with Gasteiger partial charge in [-0.25, -0.2) is 9.78 Å². The van der Waals surface area contributed by atoms with Crippen LogP contribution in [0.2, 0.25) is 5.02 Å². The third-order valence-corrected chi connectivity index (χ3v) is 6.17. The van der Waals surface area contributed by atoms with Gasteiger partial charge in [0.15, 0.2) is 0 Å². The molecule has 7 heteroatoms. The summed E-state index contributed by atoms with van der Waals surface area (Å²) in [6, 6.07) is 5.58. The normalized spacial score (nSPS) is 21.3. The van der Waals surface area contributed by atoms with Crippen molar-refractivity contribution in [3.05, 3.63) is 23.2 Å². The van der Waals surface area contributed by atoms with Crippen molar-refractivity contribution in [1.82, 2.24) is 0 Å². The zero-order valence-corrected chi connectivity index (χ0v) is 16.0. The van der Waals surface area contributed by atoms with Crippen LogP contribution in [-0.2, 0) is 18.8 Å². The molecule has 0 aliphatic carbocycles. The minimum absolute atomic E-state index is 0.191. The first-order valence-corrected chi connectivity index (χ1v) is 9.02. The molecular formula is C16H24ClO5P. The van der Waals surface area contributed by atoms with Crippen molar-refractivity contribution in [3.63, 3.8) is 0 Å². The van der Waals surface area contributed by atoms with E-state index in [1.54, 1.807) is 0 Å². The van der Waals surface area contributed by atoms with Gasteiger partial charge in [-0.05, 0) is 52.8 Å². The monoisotopic (exact) mass is 362 g/mol. The Labute approximate surface area is 144 Å². The van der Waals surface area contributed by atoms with E-state index in [-0.39, 0.29) is 17.3 Å². The van der Waals surface area contributed by atoms with E-state index in [0.717, 1.165) is 5.30 Å². The molecule has 130 valence electrons. The fourth-order valence-corrected chi connectivity index (χ4v) is 4.14. The van der Waals surface area contributed by atoms with E-state index >= 15 is 0 Å².